The summed E-state index contributed by atoms with van der Waals surface area (Å²) in [6.45, 7) is 5.11. The summed E-state index contributed by atoms with van der Waals surface area (Å²) >= 11 is 0. The van der Waals surface area contributed by atoms with Crippen molar-refractivity contribution in [3.05, 3.63) is 70.2 Å². The monoisotopic (exact) mass is 410 g/mol. The SMILES string of the molecule is Cc1noc(=O)c2ccc(NC(=O)C(O)(Cc3ccccc3)CC(C)(C)CO)cc12. The third-order valence-corrected chi connectivity index (χ3v) is 5.11. The number of aryl methyl sites for hydroxylation is 1. The second kappa shape index (κ2) is 8.38. The topological polar surface area (TPSA) is 113 Å². The van der Waals surface area contributed by atoms with Gasteiger partial charge in [0.1, 0.15) is 5.60 Å². The first-order valence-corrected chi connectivity index (χ1v) is 9.72. The second-order valence-electron chi connectivity index (χ2n) is 8.46. The smallest absolute Gasteiger partial charge is 0.366 e. The van der Waals surface area contributed by atoms with E-state index in [1.807, 2.05) is 30.3 Å². The number of hydrogen-bond acceptors (Lipinski definition) is 6. The molecule has 0 radical (unpaired) electrons. The molecule has 3 aromatic rings. The lowest BCUT2D eigenvalue weighted by molar-refractivity contribution is -0.138. The van der Waals surface area contributed by atoms with Gasteiger partial charge >= 0.3 is 5.63 Å². The van der Waals surface area contributed by atoms with Crippen molar-refractivity contribution in [3.8, 4) is 0 Å². The van der Waals surface area contributed by atoms with Crippen LogP contribution < -0.4 is 10.9 Å². The Bertz CT molecular complexity index is 1110. The highest BCUT2D eigenvalue weighted by Crippen LogP contribution is 2.32. The number of rotatable bonds is 7. The molecule has 0 bridgehead atoms. The lowest BCUT2D eigenvalue weighted by Gasteiger charge is -2.34. The van der Waals surface area contributed by atoms with Crippen LogP contribution in [0.2, 0.25) is 0 Å². The molecule has 0 spiro atoms. The number of nitrogens with one attached hydrogen (secondary N) is 1. The van der Waals surface area contributed by atoms with Crippen molar-refractivity contribution in [3.63, 3.8) is 0 Å². The summed E-state index contributed by atoms with van der Waals surface area (Å²) in [6, 6.07) is 14.0. The number of benzene rings is 2. The molecule has 158 valence electrons. The third-order valence-electron chi connectivity index (χ3n) is 5.11. The predicted molar refractivity (Wildman–Crippen MR) is 114 cm³/mol. The van der Waals surface area contributed by atoms with Crippen LogP contribution in [0.4, 0.5) is 5.69 Å². The molecule has 0 fully saturated rings. The summed E-state index contributed by atoms with van der Waals surface area (Å²) in [5.74, 6) is -0.583. The van der Waals surface area contributed by atoms with Crippen LogP contribution in [0.3, 0.4) is 0 Å². The Balaban J connectivity index is 1.93. The van der Waals surface area contributed by atoms with E-state index in [9.17, 15) is 19.8 Å². The van der Waals surface area contributed by atoms with E-state index >= 15 is 0 Å². The Kier molecular flexibility index (Phi) is 6.05. The fourth-order valence-electron chi connectivity index (χ4n) is 3.56. The highest BCUT2D eigenvalue weighted by Gasteiger charge is 2.41. The van der Waals surface area contributed by atoms with E-state index in [-0.39, 0.29) is 19.4 Å². The number of fused-ring (bicyclic) bond motifs is 1. The van der Waals surface area contributed by atoms with Gasteiger partial charge in [0.25, 0.3) is 5.91 Å². The van der Waals surface area contributed by atoms with Crippen LogP contribution in [-0.4, -0.2) is 33.5 Å². The van der Waals surface area contributed by atoms with E-state index in [0.29, 0.717) is 22.2 Å². The zero-order chi connectivity index (χ0) is 21.9. The van der Waals surface area contributed by atoms with Gasteiger partial charge in [0, 0.05) is 24.1 Å². The van der Waals surface area contributed by atoms with Crippen molar-refractivity contribution in [2.45, 2.75) is 39.2 Å². The average Bonchev–Trinajstić information content (AvgIpc) is 2.71. The molecule has 1 aromatic heterocycles. The maximum absolute atomic E-state index is 13.2. The number of carbonyl (C=O) groups is 1. The first kappa shape index (κ1) is 21.7. The Labute approximate surface area is 174 Å². The molecule has 2 aromatic carbocycles. The lowest BCUT2D eigenvalue weighted by atomic mass is 9.77. The van der Waals surface area contributed by atoms with Crippen molar-refractivity contribution in [1.82, 2.24) is 5.16 Å². The molecule has 0 saturated carbocycles. The molecule has 7 heteroatoms. The van der Waals surface area contributed by atoms with Gasteiger partial charge in [-0.05, 0) is 42.5 Å². The molecular weight excluding hydrogens is 384 g/mol. The highest BCUT2D eigenvalue weighted by molar-refractivity contribution is 5.99. The van der Waals surface area contributed by atoms with Crippen LogP contribution in [0, 0.1) is 12.3 Å². The summed E-state index contributed by atoms with van der Waals surface area (Å²) in [7, 11) is 0. The second-order valence-corrected chi connectivity index (χ2v) is 8.46. The normalized spacial score (nSPS) is 13.8. The molecule has 0 saturated heterocycles. The minimum Gasteiger partial charge on any atom is -0.396 e. The Hall–Kier alpha value is -3.03. The molecule has 1 amide bonds. The fraction of sp³-hybridized carbons (Fsp3) is 0.348. The van der Waals surface area contributed by atoms with Crippen LogP contribution in [0.1, 0.15) is 31.5 Å². The molecule has 1 heterocycles. The molecule has 3 N–H and O–H groups in total. The molecule has 0 aliphatic carbocycles. The number of aliphatic hydroxyl groups excluding tert-OH is 1. The molecule has 0 aliphatic rings. The zero-order valence-corrected chi connectivity index (χ0v) is 17.3. The molecule has 1 atom stereocenters. The number of aliphatic hydroxyl groups is 2. The first-order valence-electron chi connectivity index (χ1n) is 9.72. The van der Waals surface area contributed by atoms with Gasteiger partial charge in [-0.2, -0.15) is 0 Å². The maximum atomic E-state index is 13.2. The highest BCUT2D eigenvalue weighted by atomic mass is 16.5. The van der Waals surface area contributed by atoms with Crippen LogP contribution in [0.25, 0.3) is 10.8 Å². The van der Waals surface area contributed by atoms with Crippen LogP contribution in [-0.2, 0) is 11.2 Å². The van der Waals surface area contributed by atoms with E-state index in [1.165, 1.54) is 0 Å². The predicted octanol–water partition coefficient (Wildman–Crippen LogP) is 2.82. The fourth-order valence-corrected chi connectivity index (χ4v) is 3.56. The van der Waals surface area contributed by atoms with Gasteiger partial charge in [-0.1, -0.05) is 49.3 Å². The van der Waals surface area contributed by atoms with Crippen LogP contribution >= 0.6 is 0 Å². The maximum Gasteiger partial charge on any atom is 0.366 e. The number of carbonyl (C=O) groups excluding carboxylic acids is 1. The van der Waals surface area contributed by atoms with Gasteiger partial charge in [0.2, 0.25) is 0 Å². The largest absolute Gasteiger partial charge is 0.396 e. The summed E-state index contributed by atoms with van der Waals surface area (Å²) < 4.78 is 4.72. The Morgan fingerprint density at radius 3 is 2.50 bits per heavy atom. The van der Waals surface area contributed by atoms with E-state index in [4.69, 9.17) is 4.52 Å². The number of anilines is 1. The van der Waals surface area contributed by atoms with E-state index in [1.54, 1.807) is 39.0 Å². The third kappa shape index (κ3) is 4.75. The number of nitrogens with zero attached hydrogens (tertiary/aromatic N) is 1. The van der Waals surface area contributed by atoms with Crippen molar-refractivity contribution in [1.29, 1.82) is 0 Å². The molecule has 30 heavy (non-hydrogen) atoms. The summed E-state index contributed by atoms with van der Waals surface area (Å²) in [4.78, 5) is 25.0. The molecule has 0 aliphatic heterocycles. The summed E-state index contributed by atoms with van der Waals surface area (Å²) in [5, 5.41) is 28.4. The van der Waals surface area contributed by atoms with Crippen LogP contribution in [0.5, 0.6) is 0 Å². The molecule has 7 nitrogen and oxygen atoms in total. The van der Waals surface area contributed by atoms with E-state index < -0.39 is 22.5 Å². The molecule has 3 rings (SSSR count). The lowest BCUT2D eigenvalue weighted by Crippen LogP contribution is -2.48. The summed E-state index contributed by atoms with van der Waals surface area (Å²) in [6.07, 6.45) is 0.163. The minimum atomic E-state index is -1.74. The van der Waals surface area contributed by atoms with E-state index in [0.717, 1.165) is 5.56 Å². The van der Waals surface area contributed by atoms with Gasteiger partial charge in [-0.15, -0.1) is 0 Å². The van der Waals surface area contributed by atoms with Gasteiger partial charge in [0.15, 0.2) is 0 Å². The van der Waals surface area contributed by atoms with Crippen LogP contribution in [0.15, 0.2) is 57.8 Å². The van der Waals surface area contributed by atoms with Gasteiger partial charge < -0.3 is 20.1 Å². The minimum absolute atomic E-state index is 0.0645. The van der Waals surface area contributed by atoms with Gasteiger partial charge in [-0.25, -0.2) is 4.79 Å². The zero-order valence-electron chi connectivity index (χ0n) is 17.3. The van der Waals surface area contributed by atoms with Crippen molar-refractivity contribution in [2.24, 2.45) is 5.41 Å². The quantitative estimate of drug-likeness (QED) is 0.552. The molecule has 1 unspecified atom stereocenters. The van der Waals surface area contributed by atoms with Crippen molar-refractivity contribution >= 4 is 22.4 Å². The van der Waals surface area contributed by atoms with Crippen molar-refractivity contribution < 1.29 is 19.5 Å². The number of amides is 1. The average molecular weight is 410 g/mol. The number of hydrogen-bond donors (Lipinski definition) is 3. The summed E-state index contributed by atoms with van der Waals surface area (Å²) in [5.41, 5.74) is -1.22. The van der Waals surface area contributed by atoms with Crippen molar-refractivity contribution in [2.75, 3.05) is 11.9 Å². The Morgan fingerprint density at radius 1 is 1.13 bits per heavy atom. The Morgan fingerprint density at radius 2 is 1.83 bits per heavy atom. The van der Waals surface area contributed by atoms with Gasteiger partial charge in [-0.3, -0.25) is 4.79 Å². The molecular formula is C23H26N2O5. The first-order chi connectivity index (χ1) is 14.1. The van der Waals surface area contributed by atoms with E-state index in [2.05, 4.69) is 10.5 Å². The number of aromatic nitrogens is 1. The van der Waals surface area contributed by atoms with Gasteiger partial charge in [0.05, 0.1) is 11.1 Å². The standard InChI is InChI=1S/C23H26N2O5/c1-15-19-11-17(9-10-18(19)20(27)30-25-15)24-21(28)23(29,13-22(2,3)14-26)12-16-7-5-4-6-8-16/h4-11,26,29H,12-14H2,1-3H3,(H,24,28).